The van der Waals surface area contributed by atoms with Crippen molar-refractivity contribution in [2.75, 3.05) is 24.5 Å². The summed E-state index contributed by atoms with van der Waals surface area (Å²) < 4.78 is 0. The Labute approximate surface area is 105 Å². The van der Waals surface area contributed by atoms with Gasteiger partial charge in [-0.05, 0) is 42.9 Å². The van der Waals surface area contributed by atoms with Crippen LogP contribution in [-0.4, -0.2) is 19.6 Å². The summed E-state index contributed by atoms with van der Waals surface area (Å²) in [5.74, 6) is 0. The molecule has 0 atom stereocenters. The molecular formula is C15H24N2. The number of nitrogens with two attached hydrogens (primary N) is 1. The first-order chi connectivity index (χ1) is 8.12. The topological polar surface area (TPSA) is 29.3 Å². The third-order valence-corrected chi connectivity index (χ3v) is 3.82. The highest BCUT2D eigenvalue weighted by molar-refractivity contribution is 5.55. The molecule has 1 aromatic carbocycles. The van der Waals surface area contributed by atoms with Crippen molar-refractivity contribution in [1.29, 1.82) is 0 Å². The van der Waals surface area contributed by atoms with E-state index < -0.39 is 0 Å². The molecule has 0 aromatic heterocycles. The minimum atomic E-state index is 0.256. The molecule has 94 valence electrons. The van der Waals surface area contributed by atoms with E-state index in [1.54, 1.807) is 0 Å². The van der Waals surface area contributed by atoms with Crippen LogP contribution in [0.5, 0.6) is 0 Å². The number of para-hydroxylation sites is 1. The molecule has 0 unspecified atom stereocenters. The molecule has 0 radical (unpaired) electrons. The van der Waals surface area contributed by atoms with E-state index in [4.69, 9.17) is 5.73 Å². The number of anilines is 1. The number of hydrogen-bond acceptors (Lipinski definition) is 2. The number of aryl methyl sites for hydroxylation is 1. The van der Waals surface area contributed by atoms with Crippen LogP contribution in [0, 0.1) is 5.41 Å². The van der Waals surface area contributed by atoms with Gasteiger partial charge in [0.2, 0.25) is 0 Å². The molecule has 0 fully saturated rings. The van der Waals surface area contributed by atoms with E-state index in [2.05, 4.69) is 43.0 Å². The van der Waals surface area contributed by atoms with Crippen LogP contribution in [0.1, 0.15) is 32.3 Å². The molecule has 1 aromatic rings. The summed E-state index contributed by atoms with van der Waals surface area (Å²) >= 11 is 0. The van der Waals surface area contributed by atoms with Gasteiger partial charge in [-0.15, -0.1) is 0 Å². The van der Waals surface area contributed by atoms with Crippen molar-refractivity contribution in [2.45, 2.75) is 33.1 Å². The molecule has 2 N–H and O–H groups in total. The van der Waals surface area contributed by atoms with E-state index >= 15 is 0 Å². The third-order valence-electron chi connectivity index (χ3n) is 3.82. The SMILES string of the molecule is CC(C)(CN)CCN1CCCc2ccccc21. The smallest absolute Gasteiger partial charge is 0.0398 e. The lowest BCUT2D eigenvalue weighted by molar-refractivity contribution is 0.348. The third kappa shape index (κ3) is 3.01. The fourth-order valence-electron chi connectivity index (χ4n) is 2.38. The monoisotopic (exact) mass is 232 g/mol. The highest BCUT2D eigenvalue weighted by atomic mass is 15.1. The first-order valence-electron chi connectivity index (χ1n) is 6.65. The molecule has 2 rings (SSSR count). The normalized spacial score (nSPS) is 15.8. The van der Waals surface area contributed by atoms with Crippen molar-refractivity contribution in [3.63, 3.8) is 0 Å². The van der Waals surface area contributed by atoms with Crippen LogP contribution in [0.2, 0.25) is 0 Å². The van der Waals surface area contributed by atoms with E-state index in [1.165, 1.54) is 30.6 Å². The first-order valence-corrected chi connectivity index (χ1v) is 6.65. The molecule has 0 saturated carbocycles. The van der Waals surface area contributed by atoms with Gasteiger partial charge in [0.05, 0.1) is 0 Å². The van der Waals surface area contributed by atoms with Gasteiger partial charge in [-0.3, -0.25) is 0 Å². The zero-order valence-electron chi connectivity index (χ0n) is 11.1. The maximum absolute atomic E-state index is 5.80. The number of hydrogen-bond donors (Lipinski definition) is 1. The summed E-state index contributed by atoms with van der Waals surface area (Å²) in [6.45, 7) is 7.59. The Kier molecular flexibility index (Phi) is 3.72. The number of benzene rings is 1. The zero-order valence-corrected chi connectivity index (χ0v) is 11.1. The predicted octanol–water partition coefficient (Wildman–Crippen LogP) is 2.81. The number of nitrogens with zero attached hydrogens (tertiary/aromatic N) is 1. The molecule has 1 aliphatic rings. The van der Waals surface area contributed by atoms with Gasteiger partial charge in [0.1, 0.15) is 0 Å². The van der Waals surface area contributed by atoms with Crippen molar-refractivity contribution < 1.29 is 0 Å². The maximum Gasteiger partial charge on any atom is 0.0398 e. The lowest BCUT2D eigenvalue weighted by Crippen LogP contribution is -2.34. The lowest BCUT2D eigenvalue weighted by Gasteiger charge is -2.34. The average Bonchev–Trinajstić information content (AvgIpc) is 2.36. The second-order valence-electron chi connectivity index (χ2n) is 5.84. The van der Waals surface area contributed by atoms with Crippen molar-refractivity contribution in [3.05, 3.63) is 29.8 Å². The Bertz CT molecular complexity index is 371. The van der Waals surface area contributed by atoms with Crippen molar-refractivity contribution in [3.8, 4) is 0 Å². The summed E-state index contributed by atoms with van der Waals surface area (Å²) in [6, 6.07) is 8.80. The molecule has 0 amide bonds. The average molecular weight is 232 g/mol. The van der Waals surface area contributed by atoms with E-state index in [9.17, 15) is 0 Å². The highest BCUT2D eigenvalue weighted by Gasteiger charge is 2.20. The Morgan fingerprint density at radius 1 is 1.29 bits per heavy atom. The fourth-order valence-corrected chi connectivity index (χ4v) is 2.38. The van der Waals surface area contributed by atoms with Crippen LogP contribution in [0.25, 0.3) is 0 Å². The van der Waals surface area contributed by atoms with Crippen LogP contribution in [0.4, 0.5) is 5.69 Å². The van der Waals surface area contributed by atoms with Crippen molar-refractivity contribution >= 4 is 5.69 Å². The zero-order chi connectivity index (χ0) is 12.3. The standard InChI is InChI=1S/C15H24N2/c1-15(2,12-16)9-11-17-10-5-7-13-6-3-4-8-14(13)17/h3-4,6,8H,5,7,9-12,16H2,1-2H3. The molecule has 0 saturated heterocycles. The summed E-state index contributed by atoms with van der Waals surface area (Å²) in [6.07, 6.45) is 3.67. The second-order valence-corrected chi connectivity index (χ2v) is 5.84. The van der Waals surface area contributed by atoms with Crippen molar-refractivity contribution in [1.82, 2.24) is 0 Å². The van der Waals surface area contributed by atoms with Crippen LogP contribution in [0.15, 0.2) is 24.3 Å². The maximum atomic E-state index is 5.80. The summed E-state index contributed by atoms with van der Waals surface area (Å²) in [7, 11) is 0. The Hall–Kier alpha value is -1.02. The number of rotatable bonds is 4. The molecule has 0 aliphatic carbocycles. The number of fused-ring (bicyclic) bond motifs is 1. The van der Waals surface area contributed by atoms with Gasteiger partial charge < -0.3 is 10.6 Å². The fraction of sp³-hybridized carbons (Fsp3) is 0.600. The summed E-state index contributed by atoms with van der Waals surface area (Å²) in [5.41, 5.74) is 8.99. The molecule has 1 heterocycles. The molecule has 0 bridgehead atoms. The van der Waals surface area contributed by atoms with Gasteiger partial charge >= 0.3 is 0 Å². The first kappa shape index (κ1) is 12.4. The van der Waals surface area contributed by atoms with Gasteiger partial charge in [0, 0.05) is 18.8 Å². The molecule has 2 nitrogen and oxygen atoms in total. The summed E-state index contributed by atoms with van der Waals surface area (Å²) in [5, 5.41) is 0. The van der Waals surface area contributed by atoms with E-state index in [-0.39, 0.29) is 5.41 Å². The van der Waals surface area contributed by atoms with Gasteiger partial charge in [-0.25, -0.2) is 0 Å². The van der Waals surface area contributed by atoms with Crippen molar-refractivity contribution in [2.24, 2.45) is 11.1 Å². The van der Waals surface area contributed by atoms with Crippen LogP contribution in [-0.2, 0) is 6.42 Å². The second kappa shape index (κ2) is 5.09. The van der Waals surface area contributed by atoms with Crippen LogP contribution < -0.4 is 10.6 Å². The molecule has 2 heteroatoms. The largest absolute Gasteiger partial charge is 0.371 e. The quantitative estimate of drug-likeness (QED) is 0.865. The predicted molar refractivity (Wildman–Crippen MR) is 74.4 cm³/mol. The van der Waals surface area contributed by atoms with E-state index in [1.807, 2.05) is 0 Å². The van der Waals surface area contributed by atoms with Gasteiger partial charge in [-0.1, -0.05) is 32.0 Å². The van der Waals surface area contributed by atoms with Gasteiger partial charge in [-0.2, -0.15) is 0 Å². The Balaban J connectivity index is 2.04. The molecule has 17 heavy (non-hydrogen) atoms. The minimum Gasteiger partial charge on any atom is -0.371 e. The van der Waals surface area contributed by atoms with Gasteiger partial charge in [0.15, 0.2) is 0 Å². The van der Waals surface area contributed by atoms with Gasteiger partial charge in [0.25, 0.3) is 0 Å². The Morgan fingerprint density at radius 3 is 2.82 bits per heavy atom. The van der Waals surface area contributed by atoms with E-state index in [0.717, 1.165) is 19.5 Å². The molecule has 0 spiro atoms. The van der Waals surface area contributed by atoms with Crippen LogP contribution in [0.3, 0.4) is 0 Å². The summed E-state index contributed by atoms with van der Waals surface area (Å²) in [4.78, 5) is 2.52. The molecular weight excluding hydrogens is 208 g/mol. The highest BCUT2D eigenvalue weighted by Crippen LogP contribution is 2.28. The van der Waals surface area contributed by atoms with Crippen LogP contribution >= 0.6 is 0 Å². The van der Waals surface area contributed by atoms with E-state index in [0.29, 0.717) is 0 Å². The minimum absolute atomic E-state index is 0.256. The lowest BCUT2D eigenvalue weighted by atomic mass is 9.89. The molecule has 1 aliphatic heterocycles. The Morgan fingerprint density at radius 2 is 2.06 bits per heavy atom.